The van der Waals surface area contributed by atoms with Crippen molar-refractivity contribution in [2.24, 2.45) is 0 Å². The molecule has 1 nitrogen and oxygen atoms in total. The first kappa shape index (κ1) is 18.3. The van der Waals surface area contributed by atoms with Gasteiger partial charge in [0.1, 0.15) is 0 Å². The van der Waals surface area contributed by atoms with E-state index >= 15 is 0 Å². The van der Waals surface area contributed by atoms with E-state index in [1.54, 1.807) is 18.0 Å². The summed E-state index contributed by atoms with van der Waals surface area (Å²) in [6.45, 7) is 2.07. The Kier molecular flexibility index (Phi) is 5.39. The first-order chi connectivity index (χ1) is 11.8. The van der Waals surface area contributed by atoms with E-state index in [0.717, 1.165) is 28.2 Å². The average Bonchev–Trinajstić information content (AvgIpc) is 2.59. The Morgan fingerprint density at radius 2 is 1.80 bits per heavy atom. The highest BCUT2D eigenvalue weighted by Gasteiger charge is 2.30. The first-order valence-electron chi connectivity index (χ1n) is 7.66. The number of halogens is 4. The van der Waals surface area contributed by atoms with Gasteiger partial charge in [-0.25, -0.2) is 0 Å². The molecule has 130 valence electrons. The Hall–Kier alpha value is -1.53. The predicted octanol–water partition coefficient (Wildman–Crippen LogP) is 7.00. The number of alkyl halides is 4. The highest BCUT2D eigenvalue weighted by atomic mass is 79.9. The Bertz CT molecular complexity index is 876. The van der Waals surface area contributed by atoms with Crippen LogP contribution in [-0.4, -0.2) is 4.98 Å². The zero-order valence-corrected chi connectivity index (χ0v) is 15.8. The van der Waals surface area contributed by atoms with Crippen LogP contribution in [0.4, 0.5) is 13.2 Å². The molecule has 0 N–H and O–H groups in total. The van der Waals surface area contributed by atoms with E-state index in [4.69, 9.17) is 0 Å². The maximum atomic E-state index is 12.8. The fraction of sp³-hybridized carbons (Fsp3) is 0.211. The van der Waals surface area contributed by atoms with Gasteiger partial charge in [0.15, 0.2) is 0 Å². The summed E-state index contributed by atoms with van der Waals surface area (Å²) < 4.78 is 38.5. The molecule has 0 fully saturated rings. The second-order valence-corrected chi connectivity index (χ2v) is 8.08. The van der Waals surface area contributed by atoms with Crippen molar-refractivity contribution in [1.29, 1.82) is 0 Å². The SMILES string of the molecule is CC(Br)c1ccc(CSc2ccnc3cc(C(F)(F)F)ccc23)cc1. The number of thioether (sulfide) groups is 1. The summed E-state index contributed by atoms with van der Waals surface area (Å²) in [5, 5.41) is 0.742. The minimum Gasteiger partial charge on any atom is -0.256 e. The molecule has 1 heterocycles. The number of aromatic nitrogens is 1. The van der Waals surface area contributed by atoms with Gasteiger partial charge in [-0.3, -0.25) is 4.98 Å². The highest BCUT2D eigenvalue weighted by Crippen LogP contribution is 2.34. The lowest BCUT2D eigenvalue weighted by Gasteiger charge is -2.10. The lowest BCUT2D eigenvalue weighted by Crippen LogP contribution is -2.04. The van der Waals surface area contributed by atoms with Crippen molar-refractivity contribution in [3.05, 3.63) is 71.4 Å². The number of pyridine rings is 1. The molecule has 0 radical (unpaired) electrons. The average molecular weight is 426 g/mol. The van der Waals surface area contributed by atoms with Gasteiger partial charge in [-0.2, -0.15) is 13.2 Å². The maximum Gasteiger partial charge on any atom is 0.416 e. The van der Waals surface area contributed by atoms with Crippen LogP contribution in [0.2, 0.25) is 0 Å². The summed E-state index contributed by atoms with van der Waals surface area (Å²) in [6.07, 6.45) is -2.80. The molecular weight excluding hydrogens is 411 g/mol. The van der Waals surface area contributed by atoms with E-state index in [2.05, 4.69) is 52.1 Å². The van der Waals surface area contributed by atoms with Gasteiger partial charge in [0.2, 0.25) is 0 Å². The third-order valence-electron chi connectivity index (χ3n) is 3.86. The maximum absolute atomic E-state index is 12.8. The number of benzene rings is 2. The minimum absolute atomic E-state index is 0.307. The largest absolute Gasteiger partial charge is 0.416 e. The summed E-state index contributed by atoms with van der Waals surface area (Å²) in [7, 11) is 0. The molecule has 6 heteroatoms. The number of rotatable bonds is 4. The lowest BCUT2D eigenvalue weighted by molar-refractivity contribution is -0.137. The summed E-state index contributed by atoms with van der Waals surface area (Å²) in [5.74, 6) is 0.747. The molecule has 0 aliphatic heterocycles. The van der Waals surface area contributed by atoms with Crippen LogP contribution in [-0.2, 0) is 11.9 Å². The number of fused-ring (bicyclic) bond motifs is 1. The number of hydrogen-bond donors (Lipinski definition) is 0. The summed E-state index contributed by atoms with van der Waals surface area (Å²) in [6, 6.07) is 13.9. The summed E-state index contributed by atoms with van der Waals surface area (Å²) in [5.41, 5.74) is 2.07. The molecule has 0 aliphatic rings. The van der Waals surface area contributed by atoms with E-state index in [1.165, 1.54) is 17.2 Å². The van der Waals surface area contributed by atoms with Gasteiger partial charge < -0.3 is 0 Å². The van der Waals surface area contributed by atoms with E-state index in [1.807, 2.05) is 6.07 Å². The highest BCUT2D eigenvalue weighted by molar-refractivity contribution is 9.09. The molecule has 0 saturated carbocycles. The zero-order chi connectivity index (χ0) is 18.0. The van der Waals surface area contributed by atoms with Crippen LogP contribution in [0.25, 0.3) is 10.9 Å². The van der Waals surface area contributed by atoms with Crippen molar-refractivity contribution >= 4 is 38.6 Å². The van der Waals surface area contributed by atoms with Crippen LogP contribution < -0.4 is 0 Å². The molecule has 0 bridgehead atoms. The van der Waals surface area contributed by atoms with E-state index in [0.29, 0.717) is 10.3 Å². The molecule has 3 aromatic rings. The first-order valence-corrected chi connectivity index (χ1v) is 9.56. The van der Waals surface area contributed by atoms with Crippen LogP contribution in [0.15, 0.2) is 59.6 Å². The van der Waals surface area contributed by atoms with Crippen molar-refractivity contribution in [1.82, 2.24) is 4.98 Å². The standard InChI is InChI=1S/C19H15BrF3NS/c1-12(20)14-4-2-13(3-5-14)11-25-18-8-9-24-17-10-15(19(21,22)23)6-7-16(17)18/h2-10,12H,11H2,1H3. The molecule has 1 unspecified atom stereocenters. The van der Waals surface area contributed by atoms with Gasteiger partial charge in [-0.1, -0.05) is 46.3 Å². The third-order valence-corrected chi connectivity index (χ3v) is 5.54. The van der Waals surface area contributed by atoms with Crippen molar-refractivity contribution in [3.8, 4) is 0 Å². The van der Waals surface area contributed by atoms with Crippen LogP contribution in [0.3, 0.4) is 0 Å². The molecule has 1 atom stereocenters. The van der Waals surface area contributed by atoms with Crippen LogP contribution >= 0.6 is 27.7 Å². The second kappa shape index (κ2) is 7.38. The fourth-order valence-corrected chi connectivity index (χ4v) is 3.77. The molecule has 3 rings (SSSR count). The number of hydrogen-bond acceptors (Lipinski definition) is 2. The molecule has 0 aliphatic carbocycles. The predicted molar refractivity (Wildman–Crippen MR) is 100 cm³/mol. The molecule has 0 amide bonds. The van der Waals surface area contributed by atoms with Gasteiger partial charge in [0.05, 0.1) is 11.1 Å². The van der Waals surface area contributed by atoms with Crippen LogP contribution in [0.5, 0.6) is 0 Å². The smallest absolute Gasteiger partial charge is 0.256 e. The Labute approximate surface area is 156 Å². The van der Waals surface area contributed by atoms with E-state index in [-0.39, 0.29) is 0 Å². The second-order valence-electron chi connectivity index (χ2n) is 5.69. The number of nitrogens with zero attached hydrogens (tertiary/aromatic N) is 1. The Morgan fingerprint density at radius 1 is 1.08 bits per heavy atom. The van der Waals surface area contributed by atoms with Gasteiger partial charge in [-0.15, -0.1) is 11.8 Å². The molecule has 0 spiro atoms. The van der Waals surface area contributed by atoms with Gasteiger partial charge >= 0.3 is 6.18 Å². The Morgan fingerprint density at radius 3 is 2.44 bits per heavy atom. The fourth-order valence-electron chi connectivity index (χ4n) is 2.46. The summed E-state index contributed by atoms with van der Waals surface area (Å²) >= 11 is 5.13. The molecular formula is C19H15BrF3NS. The van der Waals surface area contributed by atoms with Gasteiger partial charge in [0, 0.05) is 27.1 Å². The van der Waals surface area contributed by atoms with Gasteiger partial charge in [0.25, 0.3) is 0 Å². The topological polar surface area (TPSA) is 12.9 Å². The lowest BCUT2D eigenvalue weighted by atomic mass is 10.1. The van der Waals surface area contributed by atoms with E-state index < -0.39 is 11.7 Å². The zero-order valence-electron chi connectivity index (χ0n) is 13.3. The van der Waals surface area contributed by atoms with Crippen LogP contribution in [0, 0.1) is 0 Å². The van der Waals surface area contributed by atoms with Crippen LogP contribution in [0.1, 0.15) is 28.4 Å². The van der Waals surface area contributed by atoms with Crippen molar-refractivity contribution in [2.45, 2.75) is 28.6 Å². The normalized spacial score (nSPS) is 13.2. The molecule has 1 aromatic heterocycles. The van der Waals surface area contributed by atoms with Crippen molar-refractivity contribution in [2.75, 3.05) is 0 Å². The van der Waals surface area contributed by atoms with Crippen molar-refractivity contribution in [3.63, 3.8) is 0 Å². The van der Waals surface area contributed by atoms with E-state index in [9.17, 15) is 13.2 Å². The third kappa shape index (κ3) is 4.36. The Balaban J connectivity index is 1.81. The molecule has 2 aromatic carbocycles. The van der Waals surface area contributed by atoms with Gasteiger partial charge in [-0.05, 0) is 36.2 Å². The van der Waals surface area contributed by atoms with Crippen molar-refractivity contribution < 1.29 is 13.2 Å². The molecule has 25 heavy (non-hydrogen) atoms. The molecule has 0 saturated heterocycles. The quantitative estimate of drug-likeness (QED) is 0.329. The summed E-state index contributed by atoms with van der Waals surface area (Å²) in [4.78, 5) is 5.32. The minimum atomic E-state index is -4.35. The monoisotopic (exact) mass is 425 g/mol.